The van der Waals surface area contributed by atoms with Crippen molar-refractivity contribution in [2.45, 2.75) is 19.5 Å². The van der Waals surface area contributed by atoms with E-state index in [0.717, 1.165) is 24.2 Å². The quantitative estimate of drug-likeness (QED) is 0.904. The van der Waals surface area contributed by atoms with Crippen LogP contribution in [-0.2, 0) is 11.3 Å². The first-order valence-corrected chi connectivity index (χ1v) is 6.35. The first-order valence-electron chi connectivity index (χ1n) is 5.56. The number of benzene rings is 1. The van der Waals surface area contributed by atoms with Gasteiger partial charge in [0.2, 0.25) is 0 Å². The van der Waals surface area contributed by atoms with Crippen molar-refractivity contribution in [3.8, 4) is 0 Å². The van der Waals surface area contributed by atoms with Crippen LogP contribution >= 0.6 is 15.9 Å². The van der Waals surface area contributed by atoms with Crippen molar-refractivity contribution in [1.29, 1.82) is 0 Å². The maximum absolute atomic E-state index is 5.82. The number of anilines is 1. The van der Waals surface area contributed by atoms with Crippen molar-refractivity contribution < 1.29 is 4.74 Å². The largest absolute Gasteiger partial charge is 0.377 e. The van der Waals surface area contributed by atoms with Crippen molar-refractivity contribution in [3.05, 3.63) is 28.2 Å². The fraction of sp³-hybridized carbons (Fsp3) is 0.500. The molecule has 0 aliphatic carbocycles. The third-order valence-electron chi connectivity index (χ3n) is 2.98. The number of ether oxygens (including phenoxy) is 1. The fourth-order valence-electron chi connectivity index (χ4n) is 2.10. The van der Waals surface area contributed by atoms with Crippen molar-refractivity contribution in [3.63, 3.8) is 0 Å². The Hall–Kier alpha value is -0.580. The second-order valence-corrected chi connectivity index (χ2v) is 4.91. The molecule has 0 aromatic heterocycles. The molecule has 1 aliphatic rings. The molecule has 1 aromatic rings. The molecule has 0 radical (unpaired) electrons. The van der Waals surface area contributed by atoms with Crippen molar-refractivity contribution >= 4 is 21.6 Å². The van der Waals surface area contributed by atoms with Crippen LogP contribution < -0.4 is 10.6 Å². The molecule has 1 atom stereocenters. The van der Waals surface area contributed by atoms with E-state index in [1.54, 1.807) is 0 Å². The van der Waals surface area contributed by atoms with Gasteiger partial charge in [0.1, 0.15) is 0 Å². The normalized spacial score (nSPS) is 21.2. The zero-order chi connectivity index (χ0) is 11.5. The summed E-state index contributed by atoms with van der Waals surface area (Å²) in [6.07, 6.45) is 0. The predicted octanol–water partition coefficient (Wildman–Crippen LogP) is 2.13. The summed E-state index contributed by atoms with van der Waals surface area (Å²) in [6.45, 7) is 5.25. The molecule has 4 heteroatoms. The Kier molecular flexibility index (Phi) is 3.84. The van der Waals surface area contributed by atoms with Gasteiger partial charge in [-0.15, -0.1) is 0 Å². The highest BCUT2D eigenvalue weighted by atomic mass is 79.9. The molecule has 3 nitrogen and oxygen atoms in total. The van der Waals surface area contributed by atoms with Crippen molar-refractivity contribution in [1.82, 2.24) is 0 Å². The van der Waals surface area contributed by atoms with E-state index in [4.69, 9.17) is 10.5 Å². The Labute approximate surface area is 105 Å². The van der Waals surface area contributed by atoms with Crippen LogP contribution in [0.2, 0.25) is 0 Å². The maximum Gasteiger partial charge on any atom is 0.0668 e. The Balaban J connectivity index is 2.34. The SMILES string of the molecule is CC1COCCN1c1cccc(Br)c1CN. The number of hydrogen-bond donors (Lipinski definition) is 1. The third kappa shape index (κ3) is 2.24. The molecule has 88 valence electrons. The summed E-state index contributed by atoms with van der Waals surface area (Å²) in [5, 5.41) is 0. The first-order chi connectivity index (χ1) is 7.74. The summed E-state index contributed by atoms with van der Waals surface area (Å²) in [5.74, 6) is 0. The minimum absolute atomic E-state index is 0.411. The first kappa shape index (κ1) is 11.9. The Morgan fingerprint density at radius 2 is 2.38 bits per heavy atom. The number of morpholine rings is 1. The molecule has 2 N–H and O–H groups in total. The topological polar surface area (TPSA) is 38.5 Å². The zero-order valence-electron chi connectivity index (χ0n) is 9.45. The smallest absolute Gasteiger partial charge is 0.0668 e. The van der Waals surface area contributed by atoms with E-state index in [-0.39, 0.29) is 0 Å². The van der Waals surface area contributed by atoms with Gasteiger partial charge in [0, 0.05) is 34.9 Å². The van der Waals surface area contributed by atoms with Gasteiger partial charge in [0.15, 0.2) is 0 Å². The summed E-state index contributed by atoms with van der Waals surface area (Å²) in [5.41, 5.74) is 8.22. The molecule has 2 rings (SSSR count). The number of nitrogens with zero attached hydrogens (tertiary/aromatic N) is 1. The molecule has 0 bridgehead atoms. The van der Waals surface area contributed by atoms with E-state index in [1.165, 1.54) is 11.3 Å². The third-order valence-corrected chi connectivity index (χ3v) is 3.72. The summed E-state index contributed by atoms with van der Waals surface area (Å²) >= 11 is 3.56. The summed E-state index contributed by atoms with van der Waals surface area (Å²) in [6, 6.07) is 6.64. The summed E-state index contributed by atoms with van der Waals surface area (Å²) < 4.78 is 6.54. The maximum atomic E-state index is 5.82. The monoisotopic (exact) mass is 284 g/mol. The van der Waals surface area contributed by atoms with Crippen LogP contribution in [-0.4, -0.2) is 25.8 Å². The van der Waals surface area contributed by atoms with E-state index in [0.29, 0.717) is 12.6 Å². The highest BCUT2D eigenvalue weighted by Crippen LogP contribution is 2.29. The van der Waals surface area contributed by atoms with E-state index in [9.17, 15) is 0 Å². The summed E-state index contributed by atoms with van der Waals surface area (Å²) in [7, 11) is 0. The van der Waals surface area contributed by atoms with Crippen LogP contribution in [0.15, 0.2) is 22.7 Å². The molecule has 1 unspecified atom stereocenters. The molecule has 1 fully saturated rings. The minimum atomic E-state index is 0.411. The van der Waals surface area contributed by atoms with Crippen LogP contribution in [0.25, 0.3) is 0 Å². The van der Waals surface area contributed by atoms with Gasteiger partial charge in [-0.25, -0.2) is 0 Å². The van der Waals surface area contributed by atoms with E-state index < -0.39 is 0 Å². The second-order valence-electron chi connectivity index (χ2n) is 4.06. The standard InChI is InChI=1S/C12H17BrN2O/c1-9-8-16-6-5-15(9)12-4-2-3-11(13)10(12)7-14/h2-4,9H,5-8,14H2,1H3. The number of halogens is 1. The second kappa shape index (κ2) is 5.17. The lowest BCUT2D eigenvalue weighted by Crippen LogP contribution is -2.44. The number of hydrogen-bond acceptors (Lipinski definition) is 3. The van der Waals surface area contributed by atoms with Crippen LogP contribution in [0.5, 0.6) is 0 Å². The van der Waals surface area contributed by atoms with Crippen LogP contribution in [0.3, 0.4) is 0 Å². The highest BCUT2D eigenvalue weighted by molar-refractivity contribution is 9.10. The van der Waals surface area contributed by atoms with Crippen LogP contribution in [0.4, 0.5) is 5.69 Å². The molecular formula is C12H17BrN2O. The van der Waals surface area contributed by atoms with E-state index in [2.05, 4.69) is 39.9 Å². The van der Waals surface area contributed by atoms with Gasteiger partial charge >= 0.3 is 0 Å². The Morgan fingerprint density at radius 1 is 1.56 bits per heavy atom. The number of nitrogens with two attached hydrogens (primary N) is 1. The van der Waals surface area contributed by atoms with E-state index >= 15 is 0 Å². The molecule has 1 saturated heterocycles. The molecule has 0 amide bonds. The lowest BCUT2D eigenvalue weighted by atomic mass is 10.1. The van der Waals surface area contributed by atoms with Gasteiger partial charge < -0.3 is 15.4 Å². The van der Waals surface area contributed by atoms with Gasteiger partial charge in [0.05, 0.1) is 13.2 Å². The Bertz CT molecular complexity index is 370. The zero-order valence-corrected chi connectivity index (χ0v) is 11.0. The van der Waals surface area contributed by atoms with Gasteiger partial charge in [0.25, 0.3) is 0 Å². The van der Waals surface area contributed by atoms with Gasteiger partial charge in [-0.1, -0.05) is 22.0 Å². The average Bonchev–Trinajstić information content (AvgIpc) is 2.29. The van der Waals surface area contributed by atoms with Crippen LogP contribution in [0.1, 0.15) is 12.5 Å². The Morgan fingerprint density at radius 3 is 3.06 bits per heavy atom. The summed E-state index contributed by atoms with van der Waals surface area (Å²) in [4.78, 5) is 2.37. The predicted molar refractivity (Wildman–Crippen MR) is 69.7 cm³/mol. The van der Waals surface area contributed by atoms with Crippen molar-refractivity contribution in [2.24, 2.45) is 5.73 Å². The van der Waals surface area contributed by atoms with Gasteiger partial charge in [-0.2, -0.15) is 0 Å². The lowest BCUT2D eigenvalue weighted by molar-refractivity contribution is 0.0988. The van der Waals surface area contributed by atoms with E-state index in [1.807, 2.05) is 6.07 Å². The molecule has 16 heavy (non-hydrogen) atoms. The number of rotatable bonds is 2. The molecule has 0 spiro atoms. The molecular weight excluding hydrogens is 268 g/mol. The molecule has 1 aliphatic heterocycles. The highest BCUT2D eigenvalue weighted by Gasteiger charge is 2.21. The molecule has 1 heterocycles. The van der Waals surface area contributed by atoms with Gasteiger partial charge in [-0.05, 0) is 19.1 Å². The average molecular weight is 285 g/mol. The molecule has 1 aromatic carbocycles. The molecule has 0 saturated carbocycles. The lowest BCUT2D eigenvalue weighted by Gasteiger charge is -2.36. The minimum Gasteiger partial charge on any atom is -0.377 e. The van der Waals surface area contributed by atoms with Crippen LogP contribution in [0, 0.1) is 0 Å². The fourth-order valence-corrected chi connectivity index (χ4v) is 2.62. The van der Waals surface area contributed by atoms with Gasteiger partial charge in [-0.3, -0.25) is 0 Å². The van der Waals surface area contributed by atoms with Crippen molar-refractivity contribution in [2.75, 3.05) is 24.7 Å².